The first-order valence-electron chi connectivity index (χ1n) is 7.96. The van der Waals surface area contributed by atoms with Gasteiger partial charge in [-0.25, -0.2) is 4.39 Å². The molecule has 5 nitrogen and oxygen atoms in total. The Kier molecular flexibility index (Phi) is 4.28. The van der Waals surface area contributed by atoms with Crippen LogP contribution in [0.1, 0.15) is 16.9 Å². The van der Waals surface area contributed by atoms with Gasteiger partial charge in [-0.1, -0.05) is 17.3 Å². The van der Waals surface area contributed by atoms with Crippen LogP contribution in [0, 0.1) is 5.82 Å². The fourth-order valence-corrected chi connectivity index (χ4v) is 4.55. The summed E-state index contributed by atoms with van der Waals surface area (Å²) in [6, 6.07) is 7.98. The van der Waals surface area contributed by atoms with Gasteiger partial charge in [0.15, 0.2) is 11.5 Å². The second-order valence-electron chi connectivity index (χ2n) is 5.89. The molecule has 1 aromatic heterocycles. The van der Waals surface area contributed by atoms with Crippen molar-refractivity contribution in [2.45, 2.75) is 17.7 Å². The summed E-state index contributed by atoms with van der Waals surface area (Å²) < 4.78 is 24.6. The van der Waals surface area contributed by atoms with Gasteiger partial charge in [-0.2, -0.15) is 11.8 Å². The van der Waals surface area contributed by atoms with Gasteiger partial charge in [0.1, 0.15) is 5.82 Å². The Bertz CT molecular complexity index is 749. The van der Waals surface area contributed by atoms with Crippen LogP contribution in [0.4, 0.5) is 4.39 Å². The molecule has 0 saturated carbocycles. The number of nitrogens with zero attached hydrogens (tertiary/aromatic N) is 2. The van der Waals surface area contributed by atoms with Crippen LogP contribution < -0.4 is 0 Å². The number of hydrogen-bond acceptors (Lipinski definition) is 5. The summed E-state index contributed by atoms with van der Waals surface area (Å²) in [6.45, 7) is 2.04. The van der Waals surface area contributed by atoms with E-state index in [1.165, 1.54) is 12.1 Å². The lowest BCUT2D eigenvalue weighted by Crippen LogP contribution is -2.54. The van der Waals surface area contributed by atoms with Crippen LogP contribution in [-0.2, 0) is 4.74 Å². The predicted molar refractivity (Wildman–Crippen MR) is 88.4 cm³/mol. The summed E-state index contributed by atoms with van der Waals surface area (Å²) in [5, 5.41) is 4.19. The quantitative estimate of drug-likeness (QED) is 0.835. The number of rotatable bonds is 2. The maximum absolute atomic E-state index is 13.9. The van der Waals surface area contributed by atoms with Gasteiger partial charge in [-0.3, -0.25) is 4.79 Å². The molecule has 4 rings (SSSR count). The molecule has 0 unspecified atom stereocenters. The van der Waals surface area contributed by atoms with E-state index in [4.69, 9.17) is 9.26 Å². The molecule has 2 aliphatic rings. The van der Waals surface area contributed by atoms with Crippen LogP contribution >= 0.6 is 11.8 Å². The second kappa shape index (κ2) is 6.57. The fraction of sp³-hybridized carbons (Fsp3) is 0.412. The molecule has 2 aliphatic heterocycles. The average molecular weight is 348 g/mol. The number of thioether (sulfide) groups is 1. The Morgan fingerprint density at radius 3 is 3.12 bits per heavy atom. The molecule has 1 amide bonds. The van der Waals surface area contributed by atoms with Crippen molar-refractivity contribution < 1.29 is 18.4 Å². The third-order valence-corrected chi connectivity index (χ3v) is 5.76. The first-order chi connectivity index (χ1) is 11.7. The molecule has 3 heterocycles. The van der Waals surface area contributed by atoms with Gasteiger partial charge >= 0.3 is 0 Å². The number of carbonyl (C=O) groups excluding carboxylic acids is 1. The number of halogens is 1. The summed E-state index contributed by atoms with van der Waals surface area (Å²) in [6.07, 6.45) is 0.835. The first kappa shape index (κ1) is 15.7. The van der Waals surface area contributed by atoms with Crippen LogP contribution in [0.15, 0.2) is 34.9 Å². The molecular weight excluding hydrogens is 331 g/mol. The number of benzene rings is 1. The van der Waals surface area contributed by atoms with Crippen LogP contribution in [0.25, 0.3) is 11.3 Å². The normalized spacial score (nSPS) is 23.8. The van der Waals surface area contributed by atoms with Crippen molar-refractivity contribution in [3.63, 3.8) is 0 Å². The lowest BCUT2D eigenvalue weighted by molar-refractivity contribution is 0.0313. The smallest absolute Gasteiger partial charge is 0.276 e. The van der Waals surface area contributed by atoms with E-state index in [0.29, 0.717) is 30.6 Å². The third kappa shape index (κ3) is 2.82. The molecule has 7 heteroatoms. The Labute approximate surface area is 143 Å². The molecule has 2 atom stereocenters. The van der Waals surface area contributed by atoms with Crippen molar-refractivity contribution in [2.24, 2.45) is 0 Å². The standard InChI is InChI=1S/C17H17FN2O3S/c18-12-4-2-1-3-11(12)15-9-13(19-23-15)17(21)20-6-8-24-16-10-22-7-5-14(16)20/h1-4,9,14,16H,5-8,10H2/t14-,16-/m1/s1. The number of carbonyl (C=O) groups is 1. The Morgan fingerprint density at radius 1 is 1.38 bits per heavy atom. The lowest BCUT2D eigenvalue weighted by atomic mass is 10.1. The van der Waals surface area contributed by atoms with E-state index in [0.717, 1.165) is 12.2 Å². The van der Waals surface area contributed by atoms with Gasteiger partial charge in [-0.05, 0) is 18.6 Å². The Balaban J connectivity index is 1.58. The number of ether oxygens (including phenoxy) is 1. The Hall–Kier alpha value is -1.86. The van der Waals surface area contributed by atoms with Crippen molar-refractivity contribution >= 4 is 17.7 Å². The molecule has 2 aromatic rings. The number of fused-ring (bicyclic) bond motifs is 1. The summed E-state index contributed by atoms with van der Waals surface area (Å²) in [7, 11) is 0. The monoisotopic (exact) mass is 348 g/mol. The van der Waals surface area contributed by atoms with Crippen molar-refractivity contribution in [1.82, 2.24) is 10.1 Å². The fourth-order valence-electron chi connectivity index (χ4n) is 3.25. The van der Waals surface area contributed by atoms with Crippen LogP contribution in [0.3, 0.4) is 0 Å². The van der Waals surface area contributed by atoms with E-state index in [1.807, 2.05) is 16.7 Å². The summed E-state index contributed by atoms with van der Waals surface area (Å²) in [5.41, 5.74) is 0.535. The number of aromatic nitrogens is 1. The predicted octanol–water partition coefficient (Wildman–Crippen LogP) is 2.83. The molecule has 24 heavy (non-hydrogen) atoms. The van der Waals surface area contributed by atoms with Crippen molar-refractivity contribution in [1.29, 1.82) is 0 Å². The van der Waals surface area contributed by atoms with Crippen molar-refractivity contribution in [3.8, 4) is 11.3 Å². The Morgan fingerprint density at radius 2 is 2.25 bits per heavy atom. The molecule has 2 saturated heterocycles. The molecule has 0 spiro atoms. The minimum absolute atomic E-state index is 0.154. The zero-order chi connectivity index (χ0) is 16.5. The second-order valence-corrected chi connectivity index (χ2v) is 7.24. The van der Waals surface area contributed by atoms with E-state index in [2.05, 4.69) is 5.16 Å². The van der Waals surface area contributed by atoms with Gasteiger partial charge in [0.25, 0.3) is 5.91 Å². The van der Waals surface area contributed by atoms with Gasteiger partial charge < -0.3 is 14.2 Å². The molecule has 126 valence electrons. The van der Waals surface area contributed by atoms with Crippen LogP contribution in [0.2, 0.25) is 0 Å². The number of hydrogen-bond donors (Lipinski definition) is 0. The van der Waals surface area contributed by atoms with Crippen LogP contribution in [-0.4, -0.2) is 52.8 Å². The molecule has 0 radical (unpaired) electrons. The van der Waals surface area contributed by atoms with Gasteiger partial charge in [0.2, 0.25) is 0 Å². The van der Waals surface area contributed by atoms with E-state index in [-0.39, 0.29) is 23.4 Å². The highest BCUT2D eigenvalue weighted by Gasteiger charge is 2.38. The van der Waals surface area contributed by atoms with Crippen LogP contribution in [0.5, 0.6) is 0 Å². The molecule has 0 N–H and O–H groups in total. The SMILES string of the molecule is O=C(c1cc(-c2ccccc2F)on1)N1CCS[C@@H]2COCC[C@H]21. The maximum atomic E-state index is 13.9. The van der Waals surface area contributed by atoms with Crippen molar-refractivity contribution in [3.05, 3.63) is 41.8 Å². The third-order valence-electron chi connectivity index (χ3n) is 4.46. The summed E-state index contributed by atoms with van der Waals surface area (Å²) in [4.78, 5) is 14.7. The van der Waals surface area contributed by atoms with E-state index < -0.39 is 5.82 Å². The van der Waals surface area contributed by atoms with E-state index in [1.54, 1.807) is 18.2 Å². The highest BCUT2D eigenvalue weighted by atomic mass is 32.2. The average Bonchev–Trinajstić information content (AvgIpc) is 3.11. The van der Waals surface area contributed by atoms with Gasteiger partial charge in [0.05, 0.1) is 12.2 Å². The zero-order valence-corrected chi connectivity index (χ0v) is 13.8. The van der Waals surface area contributed by atoms with Crippen molar-refractivity contribution in [2.75, 3.05) is 25.5 Å². The molecule has 0 bridgehead atoms. The summed E-state index contributed by atoms with van der Waals surface area (Å²) in [5.74, 6) is 0.602. The van der Waals surface area contributed by atoms with Gasteiger partial charge in [-0.15, -0.1) is 0 Å². The zero-order valence-electron chi connectivity index (χ0n) is 13.0. The molecular formula is C17H17FN2O3S. The topological polar surface area (TPSA) is 55.6 Å². The molecule has 2 fully saturated rings. The minimum atomic E-state index is -0.397. The van der Waals surface area contributed by atoms with E-state index >= 15 is 0 Å². The first-order valence-corrected chi connectivity index (χ1v) is 9.01. The lowest BCUT2D eigenvalue weighted by Gasteiger charge is -2.43. The molecule has 1 aromatic carbocycles. The highest BCUT2D eigenvalue weighted by molar-refractivity contribution is 8.00. The summed E-state index contributed by atoms with van der Waals surface area (Å²) >= 11 is 1.86. The highest BCUT2D eigenvalue weighted by Crippen LogP contribution is 2.31. The molecule has 0 aliphatic carbocycles. The van der Waals surface area contributed by atoms with E-state index in [9.17, 15) is 9.18 Å². The van der Waals surface area contributed by atoms with Gasteiger partial charge in [0, 0.05) is 36.3 Å². The largest absolute Gasteiger partial charge is 0.380 e. The minimum Gasteiger partial charge on any atom is -0.380 e. The number of amides is 1. The maximum Gasteiger partial charge on any atom is 0.276 e.